The van der Waals surface area contributed by atoms with E-state index in [1.807, 2.05) is 0 Å². The van der Waals surface area contributed by atoms with Gasteiger partial charge in [0, 0.05) is 27.5 Å². The molecule has 1 aromatic heterocycles. The van der Waals surface area contributed by atoms with Gasteiger partial charge in [-0.25, -0.2) is 9.97 Å². The smallest absolute Gasteiger partial charge is 0.160 e. The summed E-state index contributed by atoms with van der Waals surface area (Å²) in [4.78, 5) is 11.2. The van der Waals surface area contributed by atoms with Crippen LogP contribution in [-0.2, 0) is 10.8 Å². The normalized spacial score (nSPS) is 13.3. The molecule has 0 atom stereocenters. The number of hydrogen-bond donors (Lipinski definition) is 0. The van der Waals surface area contributed by atoms with Crippen LogP contribution in [0.3, 0.4) is 0 Å². The third-order valence-corrected chi connectivity index (χ3v) is 21.9. The molecule has 2 heteroatoms. The number of aryl methyl sites for hydroxylation is 2. The molecule has 0 aliphatic heterocycles. The van der Waals surface area contributed by atoms with Crippen LogP contribution in [0.25, 0.3) is 100 Å². The summed E-state index contributed by atoms with van der Waals surface area (Å²) in [7, 11) is 0. The third-order valence-electron chi connectivity index (χ3n) is 21.9. The Morgan fingerprint density at radius 1 is 0.255 bits per heavy atom. The Morgan fingerprint density at radius 3 is 1.09 bits per heavy atom. The molecule has 2 nitrogen and oxygen atoms in total. The second-order valence-electron chi connectivity index (χ2n) is 28.5. The van der Waals surface area contributed by atoms with Gasteiger partial charge in [-0.15, -0.1) is 0 Å². The Balaban J connectivity index is 1.04. The molecule has 0 amide bonds. The van der Waals surface area contributed by atoms with Gasteiger partial charge in [0.2, 0.25) is 0 Å². The zero-order chi connectivity index (χ0) is 64.7. The molecule has 1 heterocycles. The molecule has 484 valence electrons. The second kappa shape index (κ2) is 31.7. The Kier molecular flexibility index (Phi) is 22.4. The van der Waals surface area contributed by atoms with Crippen molar-refractivity contribution >= 4 is 10.8 Å². The number of fused-ring (bicyclic) bond motifs is 7. The maximum Gasteiger partial charge on any atom is 0.160 e. The monoisotopic (exact) mass is 1240 g/mol. The summed E-state index contributed by atoms with van der Waals surface area (Å²) in [6.45, 7) is 13.9. The van der Waals surface area contributed by atoms with E-state index in [0.29, 0.717) is 0 Å². The average molecular weight is 1240 g/mol. The first-order chi connectivity index (χ1) is 46.2. The number of aromatic nitrogens is 2. The number of benzene rings is 9. The van der Waals surface area contributed by atoms with Crippen molar-refractivity contribution < 1.29 is 0 Å². The van der Waals surface area contributed by atoms with Gasteiger partial charge in [0.25, 0.3) is 0 Å². The zero-order valence-electron chi connectivity index (χ0n) is 58.2. The van der Waals surface area contributed by atoms with E-state index in [1.165, 1.54) is 261 Å². The average Bonchev–Trinajstić information content (AvgIpc) is 1.57. The molecule has 94 heavy (non-hydrogen) atoms. The van der Waals surface area contributed by atoms with Crippen molar-refractivity contribution in [2.75, 3.05) is 0 Å². The highest BCUT2D eigenvalue weighted by Crippen LogP contribution is 2.58. The van der Waals surface area contributed by atoms with Gasteiger partial charge < -0.3 is 0 Å². The van der Waals surface area contributed by atoms with Gasteiger partial charge in [-0.05, 0) is 176 Å². The van der Waals surface area contributed by atoms with Crippen molar-refractivity contribution in [3.63, 3.8) is 0 Å². The minimum Gasteiger partial charge on any atom is -0.228 e. The summed E-state index contributed by atoms with van der Waals surface area (Å²) in [6, 6.07) is 75.1. The van der Waals surface area contributed by atoms with Crippen molar-refractivity contribution in [3.05, 3.63) is 228 Å². The van der Waals surface area contributed by atoms with Gasteiger partial charge in [0.15, 0.2) is 5.82 Å². The van der Waals surface area contributed by atoms with Crippen LogP contribution in [0, 0.1) is 13.8 Å². The Labute approximate surface area is 566 Å². The summed E-state index contributed by atoms with van der Waals surface area (Å²) >= 11 is 0. The van der Waals surface area contributed by atoms with Crippen molar-refractivity contribution in [2.45, 2.75) is 232 Å². The van der Waals surface area contributed by atoms with Gasteiger partial charge in [0.05, 0.1) is 11.4 Å². The van der Waals surface area contributed by atoms with E-state index < -0.39 is 0 Å². The van der Waals surface area contributed by atoms with Gasteiger partial charge >= 0.3 is 0 Å². The van der Waals surface area contributed by atoms with Crippen LogP contribution in [0.15, 0.2) is 194 Å². The lowest BCUT2D eigenvalue weighted by atomic mass is 9.69. The van der Waals surface area contributed by atoms with Gasteiger partial charge in [-0.1, -0.05) is 339 Å². The Bertz CT molecular complexity index is 4040. The molecule has 0 N–H and O–H groups in total. The van der Waals surface area contributed by atoms with Crippen molar-refractivity contribution in [2.24, 2.45) is 0 Å². The van der Waals surface area contributed by atoms with E-state index in [-0.39, 0.29) is 10.8 Å². The van der Waals surface area contributed by atoms with Crippen LogP contribution in [-0.4, -0.2) is 9.97 Å². The molecule has 12 rings (SSSR count). The first-order valence-corrected chi connectivity index (χ1v) is 37.5. The van der Waals surface area contributed by atoms with Crippen molar-refractivity contribution in [1.29, 1.82) is 0 Å². The predicted octanol–water partition coefficient (Wildman–Crippen LogP) is 27.8. The molecule has 0 saturated heterocycles. The Hall–Kier alpha value is -7.68. The lowest BCUT2D eigenvalue weighted by Gasteiger charge is -2.33. The molecule has 0 bridgehead atoms. The maximum absolute atomic E-state index is 5.58. The minimum absolute atomic E-state index is 0.0445. The number of unbranched alkanes of at least 4 members (excludes halogenated alkanes) is 20. The maximum atomic E-state index is 5.58. The molecule has 2 aliphatic carbocycles. The highest BCUT2D eigenvalue weighted by molar-refractivity contribution is 5.99. The molecule has 0 unspecified atom stereocenters. The molecular formula is C92H106N2. The first kappa shape index (κ1) is 66.3. The third kappa shape index (κ3) is 14.6. The fraction of sp³-hybridized carbons (Fsp3) is 0.391. The summed E-state index contributed by atoms with van der Waals surface area (Å²) in [5.74, 6) is 0.748. The lowest BCUT2D eigenvalue weighted by Crippen LogP contribution is -2.25. The van der Waals surface area contributed by atoms with Crippen LogP contribution in [0.5, 0.6) is 0 Å². The molecule has 10 aromatic rings. The summed E-state index contributed by atoms with van der Waals surface area (Å²) < 4.78 is 0. The van der Waals surface area contributed by atoms with Crippen LogP contribution in [0.4, 0.5) is 0 Å². The van der Waals surface area contributed by atoms with Crippen LogP contribution in [0.1, 0.15) is 241 Å². The number of nitrogens with zero attached hydrogens (tertiary/aromatic N) is 2. The van der Waals surface area contributed by atoms with Crippen LogP contribution >= 0.6 is 0 Å². The summed E-state index contributed by atoms with van der Waals surface area (Å²) in [5, 5.41) is 2.68. The van der Waals surface area contributed by atoms with Crippen molar-refractivity contribution in [3.8, 4) is 89.5 Å². The van der Waals surface area contributed by atoms with E-state index in [0.717, 1.165) is 46.7 Å². The molecule has 0 spiro atoms. The van der Waals surface area contributed by atoms with E-state index in [2.05, 4.69) is 236 Å². The topological polar surface area (TPSA) is 25.8 Å². The SMILES string of the molecule is CCCCCCCCC1(CCCCCCCC)c2cc(C)ccc2-c2ccc(-c3cc(-c4ccc5c(c4)C(CCCCCCCC)(CCCCCCCC)c4cc(-c6cccc7c(C)cccc67)ccc4-5)cc(-c4nc(-c5ccccc5)cc(-c5ccccc5)n4)c3)cc21. The predicted molar refractivity (Wildman–Crippen MR) is 406 cm³/mol. The lowest BCUT2D eigenvalue weighted by molar-refractivity contribution is 0.398. The summed E-state index contributed by atoms with van der Waals surface area (Å²) in [6.07, 6.45) is 35.7. The fourth-order valence-electron chi connectivity index (χ4n) is 16.7. The van der Waals surface area contributed by atoms with E-state index in [9.17, 15) is 0 Å². The highest BCUT2D eigenvalue weighted by atomic mass is 14.9. The van der Waals surface area contributed by atoms with Gasteiger partial charge in [-0.2, -0.15) is 0 Å². The quantitative estimate of drug-likeness (QED) is 0.0376. The standard InChI is InChI=1S/C92H106N2/c1-7-11-15-19-23-33-55-91(56-34-24-20-16-12-8-2)84-59-67(5)47-51-80(84)81-52-48-71(63-85(81)91)74-60-75(62-76(61-74)90-93-88(69-40-29-27-30-41-69)66-89(94-90)70-42-31-28-32-43-70)72-49-53-82-83-54-50-73(78-45-38-44-77-68(6)39-37-46-79(77)78)65-87(83)92(86(82)64-72,57-35-25-21-17-13-9-3)58-36-26-22-18-14-10-4/h27-32,37-54,59-66H,7-26,33-36,55-58H2,1-6H3. The first-order valence-electron chi connectivity index (χ1n) is 37.5. The molecule has 9 aromatic carbocycles. The molecular weight excluding hydrogens is 1130 g/mol. The van der Waals surface area contributed by atoms with E-state index in [4.69, 9.17) is 9.97 Å². The molecule has 0 fully saturated rings. The van der Waals surface area contributed by atoms with E-state index >= 15 is 0 Å². The second-order valence-corrected chi connectivity index (χ2v) is 28.5. The highest BCUT2D eigenvalue weighted by Gasteiger charge is 2.44. The number of hydrogen-bond acceptors (Lipinski definition) is 2. The summed E-state index contributed by atoms with van der Waals surface area (Å²) in [5.41, 5.74) is 27.1. The van der Waals surface area contributed by atoms with Gasteiger partial charge in [0.1, 0.15) is 0 Å². The number of rotatable bonds is 34. The minimum atomic E-state index is -0.131. The van der Waals surface area contributed by atoms with Crippen LogP contribution < -0.4 is 0 Å². The fourth-order valence-corrected chi connectivity index (χ4v) is 16.7. The molecule has 2 aliphatic rings. The molecule has 0 radical (unpaired) electrons. The van der Waals surface area contributed by atoms with E-state index in [1.54, 1.807) is 5.56 Å². The van der Waals surface area contributed by atoms with Gasteiger partial charge in [-0.3, -0.25) is 0 Å². The zero-order valence-corrected chi connectivity index (χ0v) is 58.2. The molecule has 0 saturated carbocycles. The van der Waals surface area contributed by atoms with Crippen LogP contribution in [0.2, 0.25) is 0 Å². The Morgan fingerprint density at radius 2 is 0.628 bits per heavy atom. The van der Waals surface area contributed by atoms with Crippen molar-refractivity contribution in [1.82, 2.24) is 9.97 Å². The largest absolute Gasteiger partial charge is 0.228 e.